The molecule has 3 rings (SSSR count). The summed E-state index contributed by atoms with van der Waals surface area (Å²) in [4.78, 5) is 21.1. The number of nitrogens with one attached hydrogen (secondary N) is 1. The van der Waals surface area contributed by atoms with Gasteiger partial charge in [-0.1, -0.05) is 6.07 Å². The van der Waals surface area contributed by atoms with Gasteiger partial charge in [0.1, 0.15) is 0 Å². The molecule has 0 aromatic carbocycles. The number of rotatable bonds is 5. The van der Waals surface area contributed by atoms with E-state index in [-0.39, 0.29) is 11.9 Å². The molecule has 0 bridgehead atoms. The van der Waals surface area contributed by atoms with Gasteiger partial charge in [-0.05, 0) is 31.4 Å². The van der Waals surface area contributed by atoms with Crippen molar-refractivity contribution < 1.29 is 9.53 Å². The molecule has 6 heteroatoms. The molecule has 0 aliphatic carbocycles. The van der Waals surface area contributed by atoms with E-state index in [2.05, 4.69) is 33.1 Å². The lowest BCUT2D eigenvalue weighted by Crippen LogP contribution is -2.51. The highest BCUT2D eigenvalue weighted by Gasteiger charge is 2.24. The molecular formula is C18H28N4O2. The quantitative estimate of drug-likeness (QED) is 0.874. The van der Waals surface area contributed by atoms with Crippen LogP contribution >= 0.6 is 0 Å². The zero-order chi connectivity index (χ0) is 16.8. The van der Waals surface area contributed by atoms with Gasteiger partial charge in [0.15, 0.2) is 0 Å². The van der Waals surface area contributed by atoms with Gasteiger partial charge in [0.2, 0.25) is 5.91 Å². The topological polar surface area (TPSA) is 57.7 Å². The molecule has 3 heterocycles. The summed E-state index contributed by atoms with van der Waals surface area (Å²) in [6.07, 6.45) is 5.62. The second kappa shape index (κ2) is 8.55. The van der Waals surface area contributed by atoms with E-state index in [9.17, 15) is 4.79 Å². The van der Waals surface area contributed by atoms with Crippen molar-refractivity contribution in [2.45, 2.75) is 31.8 Å². The molecule has 6 nitrogen and oxygen atoms in total. The Morgan fingerprint density at radius 3 is 2.75 bits per heavy atom. The molecule has 2 fully saturated rings. The maximum atomic E-state index is 12.2. The summed E-state index contributed by atoms with van der Waals surface area (Å²) < 4.78 is 5.33. The number of ether oxygens (including phenoxy) is 1. The predicted molar refractivity (Wildman–Crippen MR) is 92.6 cm³/mol. The standard InChI is InChI=1S/C18H28N4O2/c1-15(16-3-2-6-19-13-16)22-9-7-21(8-10-22)14-18(23)20-17-4-11-24-12-5-17/h2-3,6,13,15,17H,4-5,7-12,14H2,1H3,(H,20,23). The van der Waals surface area contributed by atoms with Crippen LogP contribution < -0.4 is 5.32 Å². The molecule has 1 amide bonds. The number of piperazine rings is 1. The van der Waals surface area contributed by atoms with Crippen molar-refractivity contribution in [1.29, 1.82) is 0 Å². The molecular weight excluding hydrogens is 304 g/mol. The van der Waals surface area contributed by atoms with Crippen LogP contribution in [0, 0.1) is 0 Å². The lowest BCUT2D eigenvalue weighted by molar-refractivity contribution is -0.124. The SMILES string of the molecule is CC(c1cccnc1)N1CCN(CC(=O)NC2CCOCC2)CC1. The minimum Gasteiger partial charge on any atom is -0.381 e. The first-order valence-corrected chi connectivity index (χ1v) is 8.96. The molecule has 1 atom stereocenters. The summed E-state index contributed by atoms with van der Waals surface area (Å²) in [7, 11) is 0. The molecule has 1 N–H and O–H groups in total. The van der Waals surface area contributed by atoms with Gasteiger partial charge in [0.05, 0.1) is 6.54 Å². The van der Waals surface area contributed by atoms with Crippen molar-refractivity contribution >= 4 is 5.91 Å². The first-order valence-electron chi connectivity index (χ1n) is 8.96. The van der Waals surface area contributed by atoms with Gasteiger partial charge in [-0.2, -0.15) is 0 Å². The first-order chi connectivity index (χ1) is 11.7. The van der Waals surface area contributed by atoms with E-state index in [1.807, 2.05) is 18.5 Å². The van der Waals surface area contributed by atoms with Crippen LogP contribution in [0.25, 0.3) is 0 Å². The van der Waals surface area contributed by atoms with E-state index in [4.69, 9.17) is 4.74 Å². The number of carbonyl (C=O) groups is 1. The van der Waals surface area contributed by atoms with Gasteiger partial charge in [-0.3, -0.25) is 19.6 Å². The van der Waals surface area contributed by atoms with E-state index < -0.39 is 0 Å². The smallest absolute Gasteiger partial charge is 0.234 e. The Bertz CT molecular complexity index is 511. The molecule has 1 unspecified atom stereocenters. The average Bonchev–Trinajstić information content (AvgIpc) is 2.63. The third-order valence-electron chi connectivity index (χ3n) is 5.08. The lowest BCUT2D eigenvalue weighted by Gasteiger charge is -2.38. The monoisotopic (exact) mass is 332 g/mol. The molecule has 0 radical (unpaired) electrons. The van der Waals surface area contributed by atoms with Gasteiger partial charge in [0, 0.05) is 63.9 Å². The Morgan fingerprint density at radius 1 is 1.33 bits per heavy atom. The second-order valence-corrected chi connectivity index (χ2v) is 6.73. The van der Waals surface area contributed by atoms with Crippen LogP contribution in [0.2, 0.25) is 0 Å². The summed E-state index contributed by atoms with van der Waals surface area (Å²) in [5.41, 5.74) is 1.25. The van der Waals surface area contributed by atoms with Gasteiger partial charge < -0.3 is 10.1 Å². The highest BCUT2D eigenvalue weighted by Crippen LogP contribution is 2.20. The van der Waals surface area contributed by atoms with Crippen LogP contribution in [0.5, 0.6) is 0 Å². The highest BCUT2D eigenvalue weighted by atomic mass is 16.5. The Hall–Kier alpha value is -1.50. The average molecular weight is 332 g/mol. The zero-order valence-corrected chi connectivity index (χ0v) is 14.5. The Balaban J connectivity index is 1.41. The number of carbonyl (C=O) groups excluding carboxylic acids is 1. The maximum Gasteiger partial charge on any atom is 0.234 e. The van der Waals surface area contributed by atoms with E-state index >= 15 is 0 Å². The van der Waals surface area contributed by atoms with Crippen LogP contribution in [0.15, 0.2) is 24.5 Å². The van der Waals surface area contributed by atoms with E-state index in [0.717, 1.165) is 52.2 Å². The second-order valence-electron chi connectivity index (χ2n) is 6.73. The molecule has 1 aromatic heterocycles. The predicted octanol–water partition coefficient (Wildman–Crippen LogP) is 1.06. The van der Waals surface area contributed by atoms with Crippen molar-refractivity contribution in [3.05, 3.63) is 30.1 Å². The summed E-state index contributed by atoms with van der Waals surface area (Å²) in [6.45, 7) is 8.10. The fraction of sp³-hybridized carbons (Fsp3) is 0.667. The minimum atomic E-state index is 0.149. The number of pyridine rings is 1. The number of aromatic nitrogens is 1. The third kappa shape index (κ3) is 4.75. The number of hydrogen-bond donors (Lipinski definition) is 1. The van der Waals surface area contributed by atoms with Crippen molar-refractivity contribution in [2.24, 2.45) is 0 Å². The Labute approximate surface area is 144 Å². The van der Waals surface area contributed by atoms with Crippen LogP contribution in [-0.4, -0.2) is 72.7 Å². The molecule has 1 aromatic rings. The van der Waals surface area contributed by atoms with Crippen LogP contribution in [0.1, 0.15) is 31.4 Å². The summed E-state index contributed by atoms with van der Waals surface area (Å²) in [5.74, 6) is 0.149. The van der Waals surface area contributed by atoms with E-state index in [1.165, 1.54) is 5.56 Å². The number of nitrogens with zero attached hydrogens (tertiary/aromatic N) is 3. The normalized spacial score (nSPS) is 22.2. The first kappa shape index (κ1) is 17.3. The van der Waals surface area contributed by atoms with Crippen LogP contribution in [0.3, 0.4) is 0 Å². The van der Waals surface area contributed by atoms with Gasteiger partial charge in [-0.25, -0.2) is 0 Å². The largest absolute Gasteiger partial charge is 0.381 e. The van der Waals surface area contributed by atoms with Crippen molar-refractivity contribution in [2.75, 3.05) is 45.9 Å². The Kier molecular flexibility index (Phi) is 6.18. The molecule has 132 valence electrons. The maximum absolute atomic E-state index is 12.2. The fourth-order valence-electron chi connectivity index (χ4n) is 3.46. The molecule has 2 saturated heterocycles. The Morgan fingerprint density at radius 2 is 2.08 bits per heavy atom. The van der Waals surface area contributed by atoms with Crippen molar-refractivity contribution in [3.8, 4) is 0 Å². The summed E-state index contributed by atoms with van der Waals surface area (Å²) in [5, 5.41) is 3.14. The third-order valence-corrected chi connectivity index (χ3v) is 5.08. The molecule has 2 aliphatic rings. The van der Waals surface area contributed by atoms with Gasteiger partial charge in [0.25, 0.3) is 0 Å². The van der Waals surface area contributed by atoms with Crippen molar-refractivity contribution in [1.82, 2.24) is 20.1 Å². The van der Waals surface area contributed by atoms with E-state index in [1.54, 1.807) is 0 Å². The summed E-state index contributed by atoms with van der Waals surface area (Å²) >= 11 is 0. The summed E-state index contributed by atoms with van der Waals surface area (Å²) in [6, 6.07) is 4.78. The lowest BCUT2D eigenvalue weighted by atomic mass is 10.1. The molecule has 0 spiro atoms. The molecule has 2 aliphatic heterocycles. The molecule has 0 saturated carbocycles. The fourth-order valence-corrected chi connectivity index (χ4v) is 3.46. The van der Waals surface area contributed by atoms with Crippen LogP contribution in [0.4, 0.5) is 0 Å². The van der Waals surface area contributed by atoms with Gasteiger partial charge >= 0.3 is 0 Å². The van der Waals surface area contributed by atoms with Crippen molar-refractivity contribution in [3.63, 3.8) is 0 Å². The zero-order valence-electron chi connectivity index (χ0n) is 14.5. The van der Waals surface area contributed by atoms with Crippen LogP contribution in [-0.2, 0) is 9.53 Å². The number of hydrogen-bond acceptors (Lipinski definition) is 5. The minimum absolute atomic E-state index is 0.149. The number of amides is 1. The van der Waals surface area contributed by atoms with E-state index in [0.29, 0.717) is 12.6 Å². The molecule has 24 heavy (non-hydrogen) atoms. The highest BCUT2D eigenvalue weighted by molar-refractivity contribution is 5.78. The van der Waals surface area contributed by atoms with Gasteiger partial charge in [-0.15, -0.1) is 0 Å².